The van der Waals surface area contributed by atoms with Crippen LogP contribution in [-0.2, 0) is 0 Å². The summed E-state index contributed by atoms with van der Waals surface area (Å²) < 4.78 is 6.82. The molecule has 0 spiro atoms. The summed E-state index contributed by atoms with van der Waals surface area (Å²) in [6.45, 7) is 0. The van der Waals surface area contributed by atoms with E-state index in [-0.39, 0.29) is 0 Å². The van der Waals surface area contributed by atoms with E-state index in [9.17, 15) is 0 Å². The summed E-state index contributed by atoms with van der Waals surface area (Å²) in [5.74, 6) is 1.25. The number of aromatic nitrogens is 2. The van der Waals surface area contributed by atoms with E-state index < -0.39 is 0 Å². The molecule has 62 valence electrons. The van der Waals surface area contributed by atoms with E-state index >= 15 is 0 Å². The molecule has 12 heavy (non-hydrogen) atoms. The van der Waals surface area contributed by atoms with Gasteiger partial charge in [-0.25, -0.2) is 4.98 Å². The second kappa shape index (κ2) is 2.41. The van der Waals surface area contributed by atoms with Crippen molar-refractivity contribution in [1.29, 1.82) is 0 Å². The maximum absolute atomic E-state index is 5.60. The number of nitrogens with two attached hydrogens (primary N) is 1. The van der Waals surface area contributed by atoms with Crippen LogP contribution in [0.4, 0.5) is 5.95 Å². The van der Waals surface area contributed by atoms with Crippen LogP contribution in [0.5, 0.6) is 5.75 Å². The lowest BCUT2D eigenvalue weighted by molar-refractivity contribution is 0.412. The van der Waals surface area contributed by atoms with E-state index in [2.05, 4.69) is 4.98 Å². The second-order valence-corrected chi connectivity index (χ2v) is 2.48. The lowest BCUT2D eigenvalue weighted by Crippen LogP contribution is -1.94. The molecule has 0 fully saturated rings. The molecule has 0 saturated heterocycles. The molecule has 0 bridgehead atoms. The van der Waals surface area contributed by atoms with Gasteiger partial charge in [-0.3, -0.25) is 4.40 Å². The second-order valence-electron chi connectivity index (χ2n) is 2.48. The van der Waals surface area contributed by atoms with Crippen LogP contribution >= 0.6 is 0 Å². The summed E-state index contributed by atoms with van der Waals surface area (Å²) in [7, 11) is 1.62. The Kier molecular flexibility index (Phi) is 1.40. The molecule has 0 aromatic carbocycles. The van der Waals surface area contributed by atoms with Crippen molar-refractivity contribution >= 4 is 11.5 Å². The molecule has 0 radical (unpaired) electrons. The van der Waals surface area contributed by atoms with Gasteiger partial charge in [-0.2, -0.15) is 0 Å². The van der Waals surface area contributed by atoms with Gasteiger partial charge in [-0.15, -0.1) is 0 Å². The van der Waals surface area contributed by atoms with Crippen LogP contribution in [0.25, 0.3) is 5.52 Å². The number of imidazole rings is 1. The lowest BCUT2D eigenvalue weighted by Gasteiger charge is -2.00. The molecular weight excluding hydrogens is 154 g/mol. The predicted octanol–water partition coefficient (Wildman–Crippen LogP) is 0.925. The molecule has 2 N–H and O–H groups in total. The first-order valence-electron chi connectivity index (χ1n) is 3.58. The van der Waals surface area contributed by atoms with Gasteiger partial charge in [0.1, 0.15) is 5.75 Å². The Bertz CT molecular complexity index is 408. The molecule has 2 heterocycles. The van der Waals surface area contributed by atoms with Crippen LogP contribution in [0.2, 0.25) is 0 Å². The molecule has 0 amide bonds. The Labute approximate surface area is 69.6 Å². The fourth-order valence-electron chi connectivity index (χ4n) is 1.11. The summed E-state index contributed by atoms with van der Waals surface area (Å²) >= 11 is 0. The smallest absolute Gasteiger partial charge is 0.204 e. The molecule has 2 rings (SSSR count). The van der Waals surface area contributed by atoms with Gasteiger partial charge in [-0.1, -0.05) is 0 Å². The highest BCUT2D eigenvalue weighted by atomic mass is 16.5. The molecule has 0 aliphatic rings. The molecule has 4 nitrogen and oxygen atoms in total. The number of pyridine rings is 1. The third-order valence-electron chi connectivity index (χ3n) is 1.76. The number of nitrogens with zero attached hydrogens (tertiary/aromatic N) is 2. The Balaban J connectivity index is 2.71. The predicted molar refractivity (Wildman–Crippen MR) is 46.2 cm³/mol. The van der Waals surface area contributed by atoms with Gasteiger partial charge in [-0.05, 0) is 12.1 Å². The van der Waals surface area contributed by atoms with Crippen molar-refractivity contribution in [3.8, 4) is 5.75 Å². The molecule has 0 atom stereocenters. The van der Waals surface area contributed by atoms with Gasteiger partial charge in [0, 0.05) is 0 Å². The van der Waals surface area contributed by atoms with E-state index in [1.807, 2.05) is 12.1 Å². The Morgan fingerprint density at radius 1 is 1.50 bits per heavy atom. The molecular formula is C8H9N3O. The Morgan fingerprint density at radius 2 is 2.33 bits per heavy atom. The van der Waals surface area contributed by atoms with Gasteiger partial charge < -0.3 is 10.5 Å². The van der Waals surface area contributed by atoms with Crippen LogP contribution in [0, 0.1) is 0 Å². The number of rotatable bonds is 1. The van der Waals surface area contributed by atoms with Gasteiger partial charge in [0.2, 0.25) is 5.95 Å². The van der Waals surface area contributed by atoms with Crippen LogP contribution < -0.4 is 10.5 Å². The first-order chi connectivity index (χ1) is 5.81. The number of ether oxygens (including phenoxy) is 1. The van der Waals surface area contributed by atoms with Crippen LogP contribution in [0.1, 0.15) is 0 Å². The van der Waals surface area contributed by atoms with Crippen molar-refractivity contribution in [1.82, 2.24) is 9.38 Å². The standard InChI is InChI=1S/C8H9N3O/c1-12-7-3-2-6-4-10-8(9)11(6)5-7/h2-5H,1H3,(H2,9,10). The summed E-state index contributed by atoms with van der Waals surface area (Å²) in [6, 6.07) is 3.78. The quantitative estimate of drug-likeness (QED) is 0.680. The minimum Gasteiger partial charge on any atom is -0.495 e. The van der Waals surface area contributed by atoms with Crippen LogP contribution in [-0.4, -0.2) is 16.5 Å². The van der Waals surface area contributed by atoms with Crippen molar-refractivity contribution in [2.45, 2.75) is 0 Å². The number of anilines is 1. The van der Waals surface area contributed by atoms with E-state index in [0.717, 1.165) is 11.3 Å². The van der Waals surface area contributed by atoms with Crippen LogP contribution in [0.3, 0.4) is 0 Å². The Morgan fingerprint density at radius 3 is 3.08 bits per heavy atom. The number of fused-ring (bicyclic) bond motifs is 1. The minimum atomic E-state index is 0.476. The number of nitrogen functional groups attached to an aromatic ring is 1. The highest BCUT2D eigenvalue weighted by Crippen LogP contribution is 2.14. The van der Waals surface area contributed by atoms with Crippen LogP contribution in [0.15, 0.2) is 24.5 Å². The van der Waals surface area contributed by atoms with Gasteiger partial charge in [0.15, 0.2) is 0 Å². The van der Waals surface area contributed by atoms with Crippen molar-refractivity contribution in [3.05, 3.63) is 24.5 Å². The van der Waals surface area contributed by atoms with Gasteiger partial charge >= 0.3 is 0 Å². The number of hydrogen-bond acceptors (Lipinski definition) is 3. The highest BCUT2D eigenvalue weighted by Gasteiger charge is 1.99. The molecule has 0 unspecified atom stereocenters. The zero-order chi connectivity index (χ0) is 8.55. The summed E-state index contributed by atoms with van der Waals surface area (Å²) in [5, 5.41) is 0. The maximum Gasteiger partial charge on any atom is 0.204 e. The van der Waals surface area contributed by atoms with E-state index in [4.69, 9.17) is 10.5 Å². The lowest BCUT2D eigenvalue weighted by atomic mass is 10.4. The van der Waals surface area contributed by atoms with Crippen molar-refractivity contribution in [3.63, 3.8) is 0 Å². The minimum absolute atomic E-state index is 0.476. The zero-order valence-corrected chi connectivity index (χ0v) is 6.69. The maximum atomic E-state index is 5.60. The van der Waals surface area contributed by atoms with Crippen molar-refractivity contribution < 1.29 is 4.74 Å². The van der Waals surface area contributed by atoms with Crippen molar-refractivity contribution in [2.24, 2.45) is 0 Å². The molecule has 4 heteroatoms. The molecule has 0 aliphatic carbocycles. The van der Waals surface area contributed by atoms with Gasteiger partial charge in [0.25, 0.3) is 0 Å². The Hall–Kier alpha value is -1.71. The molecule has 2 aromatic rings. The monoisotopic (exact) mass is 163 g/mol. The highest BCUT2D eigenvalue weighted by molar-refractivity contribution is 5.52. The molecule has 2 aromatic heterocycles. The number of methoxy groups -OCH3 is 1. The van der Waals surface area contributed by atoms with E-state index in [1.165, 1.54) is 0 Å². The van der Waals surface area contributed by atoms with E-state index in [0.29, 0.717) is 5.95 Å². The first-order valence-corrected chi connectivity index (χ1v) is 3.58. The van der Waals surface area contributed by atoms with E-state index in [1.54, 1.807) is 23.9 Å². The fourth-order valence-corrected chi connectivity index (χ4v) is 1.11. The summed E-state index contributed by atoms with van der Waals surface area (Å²) in [4.78, 5) is 3.96. The average Bonchev–Trinajstić information content (AvgIpc) is 2.47. The summed E-state index contributed by atoms with van der Waals surface area (Å²) in [5.41, 5.74) is 6.56. The molecule has 0 saturated carbocycles. The largest absolute Gasteiger partial charge is 0.495 e. The molecule has 0 aliphatic heterocycles. The topological polar surface area (TPSA) is 52.5 Å². The third-order valence-corrected chi connectivity index (χ3v) is 1.76. The summed E-state index contributed by atoms with van der Waals surface area (Å²) in [6.07, 6.45) is 3.52. The normalized spacial score (nSPS) is 10.4. The SMILES string of the molecule is COc1ccc2cnc(N)n2c1. The zero-order valence-electron chi connectivity index (χ0n) is 6.69. The fraction of sp³-hybridized carbons (Fsp3) is 0.125. The average molecular weight is 163 g/mol. The van der Waals surface area contributed by atoms with Gasteiger partial charge in [0.05, 0.1) is 25.0 Å². The van der Waals surface area contributed by atoms with Crippen molar-refractivity contribution in [2.75, 3.05) is 12.8 Å². The number of hydrogen-bond donors (Lipinski definition) is 1. The third kappa shape index (κ3) is 0.887. The first kappa shape index (κ1) is 6.97.